The molecule has 0 aliphatic carbocycles. The van der Waals surface area contributed by atoms with Crippen LogP contribution < -0.4 is 10.6 Å². The van der Waals surface area contributed by atoms with Crippen LogP contribution in [0.15, 0.2) is 24.3 Å². The van der Waals surface area contributed by atoms with E-state index in [4.69, 9.17) is 5.11 Å². The van der Waals surface area contributed by atoms with Crippen LogP contribution in [0, 0.1) is 5.41 Å². The monoisotopic (exact) mass is 461 g/mol. The van der Waals surface area contributed by atoms with Gasteiger partial charge in [0, 0.05) is 36.5 Å². The van der Waals surface area contributed by atoms with Gasteiger partial charge in [0.2, 0.25) is 11.8 Å². The normalized spacial score (nSPS) is 15.4. The van der Waals surface area contributed by atoms with Gasteiger partial charge in [-0.15, -0.1) is 0 Å². The fourth-order valence-corrected chi connectivity index (χ4v) is 4.52. The van der Waals surface area contributed by atoms with Gasteiger partial charge >= 0.3 is 0 Å². The summed E-state index contributed by atoms with van der Waals surface area (Å²) in [6.45, 7) is 6.95. The summed E-state index contributed by atoms with van der Waals surface area (Å²) in [4.78, 5) is 40.4. The topological polar surface area (TPSA) is 117 Å². The molecular formula is C22H31N5O4S. The molecule has 3 amide bonds. The van der Waals surface area contributed by atoms with Crippen molar-refractivity contribution >= 4 is 40.4 Å². The van der Waals surface area contributed by atoms with E-state index < -0.39 is 17.4 Å². The van der Waals surface area contributed by atoms with Gasteiger partial charge in [-0.3, -0.25) is 19.1 Å². The van der Waals surface area contributed by atoms with Crippen LogP contribution in [0.2, 0.25) is 0 Å². The lowest BCUT2D eigenvalue weighted by molar-refractivity contribution is -0.131. The van der Waals surface area contributed by atoms with E-state index in [-0.39, 0.29) is 37.2 Å². The zero-order valence-corrected chi connectivity index (χ0v) is 19.6. The third-order valence-electron chi connectivity index (χ3n) is 5.34. The van der Waals surface area contributed by atoms with Gasteiger partial charge in [0.05, 0.1) is 12.1 Å². The number of aliphatic hydroxyl groups excluding tert-OH is 1. The molecule has 3 rings (SSSR count). The summed E-state index contributed by atoms with van der Waals surface area (Å²) in [7, 11) is 0. The van der Waals surface area contributed by atoms with Crippen molar-refractivity contribution in [3.05, 3.63) is 30.0 Å². The van der Waals surface area contributed by atoms with Gasteiger partial charge in [-0.2, -0.15) is 16.9 Å². The lowest BCUT2D eigenvalue weighted by atomic mass is 9.86. The molecule has 32 heavy (non-hydrogen) atoms. The molecule has 10 heteroatoms. The van der Waals surface area contributed by atoms with Gasteiger partial charge in [0.1, 0.15) is 12.6 Å². The molecule has 1 aromatic heterocycles. The highest BCUT2D eigenvalue weighted by Gasteiger charge is 2.34. The molecule has 1 unspecified atom stereocenters. The number of carbonyl (C=O) groups is 3. The van der Waals surface area contributed by atoms with E-state index in [2.05, 4.69) is 15.7 Å². The summed E-state index contributed by atoms with van der Waals surface area (Å²) in [6, 6.07) is 6.44. The Labute approximate surface area is 191 Å². The predicted octanol–water partition coefficient (Wildman–Crippen LogP) is 0.865. The number of hydrogen-bond donors (Lipinski definition) is 3. The van der Waals surface area contributed by atoms with Crippen LogP contribution in [-0.2, 0) is 16.1 Å². The Balaban J connectivity index is 1.85. The molecule has 2 aromatic rings. The quantitative estimate of drug-likeness (QED) is 0.563. The standard InChI is InChI=1S/C22H31N5O4S/c1-22(2,3)19(21(31)23-8-11-28)24-20(30)18-15-6-4-5-7-16(15)27(25-18)14-17(29)26-9-12-32-13-10-26/h4-7,19,28H,8-14H2,1-3H3,(H,23,31)(H,24,30). The van der Waals surface area contributed by atoms with Crippen molar-refractivity contribution in [3.63, 3.8) is 0 Å². The number of nitrogens with zero attached hydrogens (tertiary/aromatic N) is 3. The molecule has 1 saturated heterocycles. The van der Waals surface area contributed by atoms with E-state index in [9.17, 15) is 14.4 Å². The molecule has 1 aromatic carbocycles. The number of carbonyl (C=O) groups excluding carboxylic acids is 3. The maximum absolute atomic E-state index is 13.2. The number of fused-ring (bicyclic) bond motifs is 1. The summed E-state index contributed by atoms with van der Waals surface area (Å²) in [6.07, 6.45) is 0. The Morgan fingerprint density at radius 2 is 1.88 bits per heavy atom. The van der Waals surface area contributed by atoms with Crippen LogP contribution in [0.3, 0.4) is 0 Å². The summed E-state index contributed by atoms with van der Waals surface area (Å²) >= 11 is 1.83. The Hall–Kier alpha value is -2.59. The molecule has 174 valence electrons. The minimum atomic E-state index is -0.821. The molecule has 1 aliphatic rings. The Morgan fingerprint density at radius 3 is 2.53 bits per heavy atom. The van der Waals surface area contributed by atoms with Gasteiger partial charge in [-0.05, 0) is 11.5 Å². The van der Waals surface area contributed by atoms with Gasteiger partial charge in [-0.1, -0.05) is 39.0 Å². The minimum absolute atomic E-state index is 0.0264. The second kappa shape index (κ2) is 10.4. The first-order valence-corrected chi connectivity index (χ1v) is 11.9. The number of benzene rings is 1. The van der Waals surface area contributed by atoms with E-state index in [0.717, 1.165) is 11.5 Å². The van der Waals surface area contributed by atoms with Crippen LogP contribution in [0.4, 0.5) is 0 Å². The number of nitrogens with one attached hydrogen (secondary N) is 2. The number of aliphatic hydroxyl groups is 1. The summed E-state index contributed by atoms with van der Waals surface area (Å²) in [5, 5.41) is 19.5. The first-order chi connectivity index (χ1) is 15.2. The van der Waals surface area contributed by atoms with E-state index >= 15 is 0 Å². The highest BCUT2D eigenvalue weighted by atomic mass is 32.2. The van der Waals surface area contributed by atoms with Crippen LogP contribution in [0.25, 0.3) is 10.9 Å². The Bertz CT molecular complexity index is 978. The lowest BCUT2D eigenvalue weighted by Crippen LogP contribution is -2.54. The Morgan fingerprint density at radius 1 is 1.19 bits per heavy atom. The highest BCUT2D eigenvalue weighted by Crippen LogP contribution is 2.23. The van der Waals surface area contributed by atoms with Crippen LogP contribution >= 0.6 is 11.8 Å². The van der Waals surface area contributed by atoms with E-state index in [1.165, 1.54) is 0 Å². The first-order valence-electron chi connectivity index (χ1n) is 10.7. The molecule has 0 bridgehead atoms. The molecule has 1 fully saturated rings. The number of hydrogen-bond acceptors (Lipinski definition) is 6. The average Bonchev–Trinajstić information content (AvgIpc) is 3.14. The minimum Gasteiger partial charge on any atom is -0.395 e. The number of para-hydroxylation sites is 1. The third-order valence-corrected chi connectivity index (χ3v) is 6.28. The molecule has 1 aliphatic heterocycles. The van der Waals surface area contributed by atoms with Crippen molar-refractivity contribution in [2.24, 2.45) is 5.41 Å². The summed E-state index contributed by atoms with van der Waals surface area (Å²) < 4.78 is 1.56. The molecule has 0 spiro atoms. The van der Waals surface area contributed by atoms with Gasteiger partial charge in [0.15, 0.2) is 5.69 Å². The van der Waals surface area contributed by atoms with E-state index in [1.54, 1.807) is 10.7 Å². The second-order valence-corrected chi connectivity index (χ2v) is 10.0. The molecule has 0 saturated carbocycles. The van der Waals surface area contributed by atoms with Gasteiger partial charge < -0.3 is 20.6 Å². The smallest absolute Gasteiger partial charge is 0.273 e. The molecule has 9 nitrogen and oxygen atoms in total. The zero-order chi connectivity index (χ0) is 23.3. The number of rotatable bonds is 7. The van der Waals surface area contributed by atoms with E-state index in [0.29, 0.717) is 24.0 Å². The summed E-state index contributed by atoms with van der Waals surface area (Å²) in [5.41, 5.74) is 0.303. The molecule has 2 heterocycles. The summed E-state index contributed by atoms with van der Waals surface area (Å²) in [5.74, 6) is 0.960. The predicted molar refractivity (Wildman–Crippen MR) is 124 cm³/mol. The zero-order valence-electron chi connectivity index (χ0n) is 18.8. The fourth-order valence-electron chi connectivity index (χ4n) is 3.61. The highest BCUT2D eigenvalue weighted by molar-refractivity contribution is 7.99. The van der Waals surface area contributed by atoms with Crippen molar-refractivity contribution in [2.45, 2.75) is 33.4 Å². The SMILES string of the molecule is CC(C)(C)C(NC(=O)c1nn(CC(=O)N2CCSCC2)c2ccccc12)C(=O)NCCO. The largest absolute Gasteiger partial charge is 0.395 e. The lowest BCUT2D eigenvalue weighted by Gasteiger charge is -2.30. The average molecular weight is 462 g/mol. The third kappa shape index (κ3) is 5.60. The van der Waals surface area contributed by atoms with Gasteiger partial charge in [-0.25, -0.2) is 0 Å². The maximum Gasteiger partial charge on any atom is 0.273 e. The van der Waals surface area contributed by atoms with Crippen LogP contribution in [-0.4, -0.2) is 81.3 Å². The number of thioether (sulfide) groups is 1. The molecular weight excluding hydrogens is 430 g/mol. The van der Waals surface area contributed by atoms with E-state index in [1.807, 2.05) is 55.6 Å². The van der Waals surface area contributed by atoms with Crippen molar-refractivity contribution < 1.29 is 19.5 Å². The van der Waals surface area contributed by atoms with Crippen molar-refractivity contribution in [3.8, 4) is 0 Å². The fraction of sp³-hybridized carbons (Fsp3) is 0.545. The first kappa shape index (κ1) is 24.1. The maximum atomic E-state index is 13.2. The molecule has 0 radical (unpaired) electrons. The van der Waals surface area contributed by atoms with Gasteiger partial charge in [0.25, 0.3) is 5.91 Å². The van der Waals surface area contributed by atoms with Crippen molar-refractivity contribution in [1.29, 1.82) is 0 Å². The number of aromatic nitrogens is 2. The van der Waals surface area contributed by atoms with Crippen molar-refractivity contribution in [1.82, 2.24) is 25.3 Å². The second-order valence-electron chi connectivity index (χ2n) is 8.80. The molecule has 1 atom stereocenters. The Kier molecular flexibility index (Phi) is 7.78. The molecule has 3 N–H and O–H groups in total. The van der Waals surface area contributed by atoms with Crippen LogP contribution in [0.5, 0.6) is 0 Å². The van der Waals surface area contributed by atoms with Crippen molar-refractivity contribution in [2.75, 3.05) is 37.7 Å². The number of amides is 3. The van der Waals surface area contributed by atoms with Crippen LogP contribution in [0.1, 0.15) is 31.3 Å².